The van der Waals surface area contributed by atoms with Gasteiger partial charge in [-0.15, -0.1) is 0 Å². The van der Waals surface area contributed by atoms with Gasteiger partial charge < -0.3 is 15.2 Å². The number of aryl methyl sites for hydroxylation is 1. The highest BCUT2D eigenvalue weighted by molar-refractivity contribution is 14.1. The van der Waals surface area contributed by atoms with Crippen molar-refractivity contribution in [2.45, 2.75) is 12.8 Å². The molecule has 1 aromatic rings. The Balaban J connectivity index is 3.02. The van der Waals surface area contributed by atoms with Gasteiger partial charge in [0.2, 0.25) is 0 Å². The second-order valence-corrected chi connectivity index (χ2v) is 4.36. The van der Waals surface area contributed by atoms with Crippen LogP contribution in [0.4, 0.5) is 0 Å². The SMILES string of the molecule is COc1cc(I)c(OC)c(CCCN)c1. The molecule has 0 radical (unpaired) electrons. The van der Waals surface area contributed by atoms with Gasteiger partial charge in [0.15, 0.2) is 0 Å². The van der Waals surface area contributed by atoms with Crippen molar-refractivity contribution in [2.75, 3.05) is 20.8 Å². The van der Waals surface area contributed by atoms with Gasteiger partial charge in [0, 0.05) is 0 Å². The minimum atomic E-state index is 0.691. The number of ether oxygens (including phenoxy) is 2. The molecule has 0 spiro atoms. The summed E-state index contributed by atoms with van der Waals surface area (Å²) < 4.78 is 11.7. The summed E-state index contributed by atoms with van der Waals surface area (Å²) in [5.74, 6) is 1.80. The maximum atomic E-state index is 5.50. The van der Waals surface area contributed by atoms with Crippen LogP contribution >= 0.6 is 22.6 Å². The van der Waals surface area contributed by atoms with Crippen molar-refractivity contribution in [2.24, 2.45) is 5.73 Å². The van der Waals surface area contributed by atoms with Crippen LogP contribution in [-0.2, 0) is 6.42 Å². The summed E-state index contributed by atoms with van der Waals surface area (Å²) in [6.45, 7) is 0.691. The fraction of sp³-hybridized carbons (Fsp3) is 0.455. The van der Waals surface area contributed by atoms with Gasteiger partial charge >= 0.3 is 0 Å². The van der Waals surface area contributed by atoms with Crippen LogP contribution in [0.2, 0.25) is 0 Å². The van der Waals surface area contributed by atoms with Crippen LogP contribution < -0.4 is 15.2 Å². The summed E-state index contributed by atoms with van der Waals surface area (Å²) in [5.41, 5.74) is 6.66. The molecule has 0 aliphatic rings. The van der Waals surface area contributed by atoms with Gasteiger partial charge in [0.05, 0.1) is 17.8 Å². The van der Waals surface area contributed by atoms with Crippen LogP contribution in [0, 0.1) is 3.57 Å². The third-order valence-corrected chi connectivity index (χ3v) is 2.99. The highest BCUT2D eigenvalue weighted by Gasteiger charge is 2.09. The fourth-order valence-corrected chi connectivity index (χ4v) is 2.32. The van der Waals surface area contributed by atoms with Crippen LogP contribution in [0.1, 0.15) is 12.0 Å². The molecule has 0 bridgehead atoms. The molecule has 2 N–H and O–H groups in total. The first-order chi connectivity index (χ1) is 7.22. The molecule has 4 heteroatoms. The molecule has 0 amide bonds. The quantitative estimate of drug-likeness (QED) is 0.846. The molecule has 0 aliphatic heterocycles. The molecular weight excluding hydrogens is 305 g/mol. The zero-order valence-electron chi connectivity index (χ0n) is 9.05. The number of hydrogen-bond acceptors (Lipinski definition) is 3. The Morgan fingerprint density at radius 1 is 1.27 bits per heavy atom. The average Bonchev–Trinajstić information content (AvgIpc) is 2.25. The number of benzene rings is 1. The van der Waals surface area contributed by atoms with Crippen LogP contribution in [-0.4, -0.2) is 20.8 Å². The van der Waals surface area contributed by atoms with Gasteiger partial charge in [-0.3, -0.25) is 0 Å². The maximum Gasteiger partial charge on any atom is 0.135 e. The topological polar surface area (TPSA) is 44.5 Å². The van der Waals surface area contributed by atoms with Crippen molar-refractivity contribution in [3.8, 4) is 11.5 Å². The Hall–Kier alpha value is -0.490. The normalized spacial score (nSPS) is 10.1. The first kappa shape index (κ1) is 12.6. The lowest BCUT2D eigenvalue weighted by molar-refractivity contribution is 0.395. The van der Waals surface area contributed by atoms with Gasteiger partial charge in [-0.05, 0) is 59.7 Å². The summed E-state index contributed by atoms with van der Waals surface area (Å²) >= 11 is 2.25. The largest absolute Gasteiger partial charge is 0.497 e. The zero-order valence-corrected chi connectivity index (χ0v) is 11.2. The lowest BCUT2D eigenvalue weighted by Gasteiger charge is -2.12. The molecular formula is C11H16INO2. The van der Waals surface area contributed by atoms with E-state index in [9.17, 15) is 0 Å². The van der Waals surface area contributed by atoms with E-state index in [1.807, 2.05) is 12.1 Å². The lowest BCUT2D eigenvalue weighted by atomic mass is 10.1. The standard InChI is InChI=1S/C11H16INO2/c1-14-9-6-8(4-3-5-13)11(15-2)10(12)7-9/h6-7H,3-5,13H2,1-2H3. The lowest BCUT2D eigenvalue weighted by Crippen LogP contribution is -2.03. The van der Waals surface area contributed by atoms with Crippen LogP contribution in [0.25, 0.3) is 0 Å². The Bertz CT molecular complexity index is 329. The van der Waals surface area contributed by atoms with Crippen LogP contribution in [0.15, 0.2) is 12.1 Å². The zero-order chi connectivity index (χ0) is 11.3. The van der Waals surface area contributed by atoms with E-state index >= 15 is 0 Å². The number of methoxy groups -OCH3 is 2. The summed E-state index contributed by atoms with van der Waals surface area (Å²) in [6.07, 6.45) is 1.88. The monoisotopic (exact) mass is 321 g/mol. The van der Waals surface area contributed by atoms with E-state index in [4.69, 9.17) is 15.2 Å². The molecule has 0 saturated heterocycles. The van der Waals surface area contributed by atoms with Gasteiger partial charge in [-0.1, -0.05) is 0 Å². The van der Waals surface area contributed by atoms with Crippen molar-refractivity contribution >= 4 is 22.6 Å². The summed E-state index contributed by atoms with van der Waals surface area (Å²) in [5, 5.41) is 0. The van der Waals surface area contributed by atoms with E-state index in [0.29, 0.717) is 6.54 Å². The molecule has 0 atom stereocenters. The van der Waals surface area contributed by atoms with Crippen molar-refractivity contribution in [3.63, 3.8) is 0 Å². The summed E-state index contributed by atoms with van der Waals surface area (Å²) in [7, 11) is 3.36. The van der Waals surface area contributed by atoms with E-state index in [1.54, 1.807) is 14.2 Å². The van der Waals surface area contributed by atoms with Crippen LogP contribution in [0.5, 0.6) is 11.5 Å². The highest BCUT2D eigenvalue weighted by Crippen LogP contribution is 2.31. The molecule has 15 heavy (non-hydrogen) atoms. The molecule has 0 unspecified atom stereocenters. The van der Waals surface area contributed by atoms with Gasteiger partial charge in [0.1, 0.15) is 11.5 Å². The van der Waals surface area contributed by atoms with Crippen molar-refractivity contribution in [1.29, 1.82) is 0 Å². The summed E-state index contributed by atoms with van der Waals surface area (Å²) in [4.78, 5) is 0. The van der Waals surface area contributed by atoms with Crippen LogP contribution in [0.3, 0.4) is 0 Å². The number of hydrogen-bond donors (Lipinski definition) is 1. The molecule has 1 rings (SSSR count). The third-order valence-electron chi connectivity index (χ3n) is 2.18. The predicted octanol–water partition coefficient (Wildman–Crippen LogP) is 2.20. The predicted molar refractivity (Wildman–Crippen MR) is 69.6 cm³/mol. The molecule has 0 fully saturated rings. The molecule has 1 aromatic carbocycles. The molecule has 84 valence electrons. The van der Waals surface area contributed by atoms with E-state index in [0.717, 1.165) is 33.5 Å². The average molecular weight is 321 g/mol. The Labute approximate surface area is 104 Å². The van der Waals surface area contributed by atoms with E-state index in [-0.39, 0.29) is 0 Å². The molecule has 3 nitrogen and oxygen atoms in total. The first-order valence-corrected chi connectivity index (χ1v) is 5.91. The minimum Gasteiger partial charge on any atom is -0.497 e. The maximum absolute atomic E-state index is 5.50. The van der Waals surface area contributed by atoms with Crippen molar-refractivity contribution in [1.82, 2.24) is 0 Å². The number of rotatable bonds is 5. The highest BCUT2D eigenvalue weighted by atomic mass is 127. The van der Waals surface area contributed by atoms with Crippen molar-refractivity contribution in [3.05, 3.63) is 21.3 Å². The van der Waals surface area contributed by atoms with Gasteiger partial charge in [0.25, 0.3) is 0 Å². The van der Waals surface area contributed by atoms with Gasteiger partial charge in [-0.25, -0.2) is 0 Å². The van der Waals surface area contributed by atoms with E-state index < -0.39 is 0 Å². The Morgan fingerprint density at radius 2 is 2.00 bits per heavy atom. The molecule has 0 saturated carbocycles. The van der Waals surface area contributed by atoms with E-state index in [1.165, 1.54) is 0 Å². The minimum absolute atomic E-state index is 0.691. The third kappa shape index (κ3) is 3.24. The number of halogens is 1. The van der Waals surface area contributed by atoms with E-state index in [2.05, 4.69) is 22.6 Å². The van der Waals surface area contributed by atoms with Crippen molar-refractivity contribution < 1.29 is 9.47 Å². The Morgan fingerprint density at radius 3 is 2.53 bits per heavy atom. The summed E-state index contributed by atoms with van der Waals surface area (Å²) in [6, 6.07) is 3.97. The molecule has 0 heterocycles. The fourth-order valence-electron chi connectivity index (χ4n) is 1.45. The smallest absolute Gasteiger partial charge is 0.135 e. The molecule has 0 aliphatic carbocycles. The second-order valence-electron chi connectivity index (χ2n) is 3.19. The molecule has 0 aromatic heterocycles. The first-order valence-electron chi connectivity index (χ1n) is 4.83. The second kappa shape index (κ2) is 6.17. The Kier molecular flexibility index (Phi) is 5.17. The number of nitrogens with two attached hydrogens (primary N) is 1. The van der Waals surface area contributed by atoms with Gasteiger partial charge in [-0.2, -0.15) is 0 Å².